The number of aliphatic hydroxyl groups excluding tert-OH is 1. The highest BCUT2D eigenvalue weighted by Gasteiger charge is 2.24. The molecule has 1 fully saturated rings. The molecule has 1 unspecified atom stereocenters. The van der Waals surface area contributed by atoms with Gasteiger partial charge in [0.15, 0.2) is 0 Å². The standard InChI is InChI=1S/C15H18N4O2/c16-15(17)12-7-18-13-4-2-1-3-11(13)14(12)19-5-6-21-10(8-19)9-20/h1-4,7,10,20H,5-6,8-9H2,(H3,16,17). The van der Waals surface area contributed by atoms with Crippen LogP contribution >= 0.6 is 0 Å². The number of aliphatic hydroxyl groups is 1. The van der Waals surface area contributed by atoms with Crippen molar-refractivity contribution in [2.75, 3.05) is 31.2 Å². The Labute approximate surface area is 122 Å². The Kier molecular flexibility index (Phi) is 3.72. The first-order valence-corrected chi connectivity index (χ1v) is 6.90. The normalized spacial score (nSPS) is 18.9. The highest BCUT2D eigenvalue weighted by Crippen LogP contribution is 2.30. The number of pyridine rings is 1. The Morgan fingerprint density at radius 2 is 2.29 bits per heavy atom. The van der Waals surface area contributed by atoms with Crippen LogP contribution in [0.1, 0.15) is 5.56 Å². The number of benzene rings is 1. The molecule has 1 aromatic heterocycles. The smallest absolute Gasteiger partial charge is 0.126 e. The van der Waals surface area contributed by atoms with E-state index in [1.165, 1.54) is 0 Å². The van der Waals surface area contributed by atoms with E-state index in [1.807, 2.05) is 24.3 Å². The molecule has 0 aliphatic carbocycles. The number of anilines is 1. The van der Waals surface area contributed by atoms with Crippen molar-refractivity contribution in [2.45, 2.75) is 6.10 Å². The van der Waals surface area contributed by atoms with E-state index >= 15 is 0 Å². The molecule has 3 rings (SSSR count). The number of ether oxygens (including phenoxy) is 1. The molecule has 21 heavy (non-hydrogen) atoms. The third kappa shape index (κ3) is 2.55. The number of hydrogen-bond donors (Lipinski definition) is 3. The number of amidine groups is 1. The van der Waals surface area contributed by atoms with Gasteiger partial charge in [-0.25, -0.2) is 0 Å². The van der Waals surface area contributed by atoms with E-state index in [2.05, 4.69) is 9.88 Å². The van der Waals surface area contributed by atoms with Crippen LogP contribution in [0.3, 0.4) is 0 Å². The summed E-state index contributed by atoms with van der Waals surface area (Å²) in [5, 5.41) is 18.1. The van der Waals surface area contributed by atoms with Gasteiger partial charge in [0.2, 0.25) is 0 Å². The average molecular weight is 286 g/mol. The molecule has 110 valence electrons. The molecule has 2 heterocycles. The second-order valence-electron chi connectivity index (χ2n) is 5.07. The predicted molar refractivity (Wildman–Crippen MR) is 81.8 cm³/mol. The first-order valence-electron chi connectivity index (χ1n) is 6.90. The zero-order valence-electron chi connectivity index (χ0n) is 11.6. The minimum absolute atomic E-state index is 0.00436. The number of para-hydroxylation sites is 1. The fourth-order valence-electron chi connectivity index (χ4n) is 2.70. The third-order valence-electron chi connectivity index (χ3n) is 3.70. The van der Waals surface area contributed by atoms with Crippen molar-refractivity contribution in [2.24, 2.45) is 5.73 Å². The van der Waals surface area contributed by atoms with Crippen LogP contribution < -0.4 is 10.6 Å². The summed E-state index contributed by atoms with van der Waals surface area (Å²) >= 11 is 0. The Hall–Kier alpha value is -2.18. The maximum absolute atomic E-state index is 9.32. The molecule has 0 saturated carbocycles. The second kappa shape index (κ2) is 5.67. The number of aromatic nitrogens is 1. The first kappa shape index (κ1) is 13.8. The number of morpholine rings is 1. The van der Waals surface area contributed by atoms with E-state index in [4.69, 9.17) is 15.9 Å². The van der Waals surface area contributed by atoms with Gasteiger partial charge in [-0.05, 0) is 6.07 Å². The average Bonchev–Trinajstić information content (AvgIpc) is 2.53. The fraction of sp³-hybridized carbons (Fsp3) is 0.333. The van der Waals surface area contributed by atoms with Gasteiger partial charge in [-0.1, -0.05) is 18.2 Å². The van der Waals surface area contributed by atoms with Crippen molar-refractivity contribution in [1.29, 1.82) is 5.41 Å². The Bertz CT molecular complexity index is 674. The zero-order valence-corrected chi connectivity index (χ0v) is 11.6. The molecule has 4 N–H and O–H groups in total. The first-order chi connectivity index (χ1) is 10.2. The minimum Gasteiger partial charge on any atom is -0.394 e. The Morgan fingerprint density at radius 3 is 3.05 bits per heavy atom. The molecular formula is C15H18N4O2. The molecule has 0 radical (unpaired) electrons. The lowest BCUT2D eigenvalue weighted by Crippen LogP contribution is -2.45. The number of nitrogens with zero attached hydrogens (tertiary/aromatic N) is 2. The third-order valence-corrected chi connectivity index (χ3v) is 3.70. The molecule has 6 heteroatoms. The number of fused-ring (bicyclic) bond motifs is 1. The largest absolute Gasteiger partial charge is 0.394 e. The topological polar surface area (TPSA) is 95.5 Å². The number of nitrogen functional groups attached to an aromatic ring is 1. The maximum Gasteiger partial charge on any atom is 0.126 e. The molecule has 1 aliphatic rings. The number of nitrogens with two attached hydrogens (primary N) is 1. The molecule has 1 aliphatic heterocycles. The van der Waals surface area contributed by atoms with E-state index in [9.17, 15) is 5.11 Å². The molecule has 2 aromatic rings. The van der Waals surface area contributed by atoms with Crippen molar-refractivity contribution >= 4 is 22.4 Å². The maximum atomic E-state index is 9.32. The lowest BCUT2D eigenvalue weighted by atomic mass is 10.1. The van der Waals surface area contributed by atoms with Crippen molar-refractivity contribution in [3.63, 3.8) is 0 Å². The van der Waals surface area contributed by atoms with Crippen LogP contribution in [0.4, 0.5) is 5.69 Å². The van der Waals surface area contributed by atoms with Gasteiger partial charge in [0.1, 0.15) is 5.84 Å². The van der Waals surface area contributed by atoms with Crippen LogP contribution in [-0.4, -0.2) is 48.3 Å². The molecular weight excluding hydrogens is 268 g/mol. The van der Waals surface area contributed by atoms with Crippen LogP contribution in [0.15, 0.2) is 30.5 Å². The van der Waals surface area contributed by atoms with Gasteiger partial charge < -0.3 is 20.5 Å². The summed E-state index contributed by atoms with van der Waals surface area (Å²) in [5.41, 5.74) is 8.10. The van der Waals surface area contributed by atoms with Crippen molar-refractivity contribution in [3.8, 4) is 0 Å². The van der Waals surface area contributed by atoms with Gasteiger partial charge in [0, 0.05) is 24.7 Å². The predicted octanol–water partition coefficient (Wildman–Crippen LogP) is 0.716. The van der Waals surface area contributed by atoms with E-state index in [0.717, 1.165) is 16.6 Å². The molecule has 0 amide bonds. The number of hydrogen-bond acceptors (Lipinski definition) is 5. The summed E-state index contributed by atoms with van der Waals surface area (Å²) < 4.78 is 5.50. The van der Waals surface area contributed by atoms with Gasteiger partial charge in [-0.2, -0.15) is 0 Å². The Balaban J connectivity index is 2.14. The van der Waals surface area contributed by atoms with Crippen LogP contribution in [0.2, 0.25) is 0 Å². The van der Waals surface area contributed by atoms with Gasteiger partial charge >= 0.3 is 0 Å². The summed E-state index contributed by atoms with van der Waals surface area (Å²) in [5.74, 6) is -0.00436. The number of nitrogens with one attached hydrogen (secondary N) is 1. The van der Waals surface area contributed by atoms with E-state index in [-0.39, 0.29) is 18.5 Å². The van der Waals surface area contributed by atoms with Crippen LogP contribution in [0, 0.1) is 5.41 Å². The van der Waals surface area contributed by atoms with Crippen LogP contribution in [-0.2, 0) is 4.74 Å². The molecule has 6 nitrogen and oxygen atoms in total. The van der Waals surface area contributed by atoms with Crippen molar-refractivity contribution in [1.82, 2.24) is 4.98 Å². The summed E-state index contributed by atoms with van der Waals surface area (Å²) in [7, 11) is 0. The van der Waals surface area contributed by atoms with E-state index in [1.54, 1.807) is 6.20 Å². The molecule has 0 bridgehead atoms. The van der Waals surface area contributed by atoms with Crippen molar-refractivity contribution in [3.05, 3.63) is 36.0 Å². The van der Waals surface area contributed by atoms with E-state index in [0.29, 0.717) is 25.3 Å². The molecule has 0 spiro atoms. The molecule has 1 atom stereocenters. The van der Waals surface area contributed by atoms with Crippen molar-refractivity contribution < 1.29 is 9.84 Å². The van der Waals surface area contributed by atoms with Gasteiger partial charge in [-0.3, -0.25) is 10.4 Å². The summed E-state index contributed by atoms with van der Waals surface area (Å²) in [4.78, 5) is 6.49. The summed E-state index contributed by atoms with van der Waals surface area (Å²) in [6, 6.07) is 7.80. The minimum atomic E-state index is -0.217. The highest BCUT2D eigenvalue weighted by molar-refractivity contribution is 6.07. The molecule has 1 saturated heterocycles. The van der Waals surface area contributed by atoms with Gasteiger partial charge in [0.25, 0.3) is 0 Å². The van der Waals surface area contributed by atoms with Gasteiger partial charge in [0.05, 0.1) is 36.1 Å². The summed E-state index contributed by atoms with van der Waals surface area (Å²) in [6.07, 6.45) is 1.43. The van der Waals surface area contributed by atoms with Gasteiger partial charge in [-0.15, -0.1) is 0 Å². The second-order valence-corrected chi connectivity index (χ2v) is 5.07. The lowest BCUT2D eigenvalue weighted by Gasteiger charge is -2.35. The SMILES string of the molecule is N=C(N)c1cnc2ccccc2c1N1CCOC(CO)C1. The lowest BCUT2D eigenvalue weighted by molar-refractivity contribution is 0.00363. The number of rotatable bonds is 3. The highest BCUT2D eigenvalue weighted by atomic mass is 16.5. The van der Waals surface area contributed by atoms with Crippen LogP contribution in [0.5, 0.6) is 0 Å². The summed E-state index contributed by atoms with van der Waals surface area (Å²) in [6.45, 7) is 1.80. The monoisotopic (exact) mass is 286 g/mol. The zero-order chi connectivity index (χ0) is 14.8. The Morgan fingerprint density at radius 1 is 1.48 bits per heavy atom. The fourth-order valence-corrected chi connectivity index (χ4v) is 2.70. The van der Waals surface area contributed by atoms with Crippen LogP contribution in [0.25, 0.3) is 10.9 Å². The van der Waals surface area contributed by atoms with E-state index < -0.39 is 0 Å². The molecule has 1 aromatic carbocycles. The quantitative estimate of drug-likeness (QED) is 0.570.